The molecule has 0 bridgehead atoms. The molecule has 0 atom stereocenters. The van der Waals surface area contributed by atoms with E-state index in [-0.39, 0.29) is 12.3 Å². The Kier molecular flexibility index (Phi) is 3.85. The van der Waals surface area contributed by atoms with Gasteiger partial charge in [-0.15, -0.1) is 11.5 Å². The summed E-state index contributed by atoms with van der Waals surface area (Å²) in [5.41, 5.74) is 3.70. The highest BCUT2D eigenvalue weighted by molar-refractivity contribution is 5.88. The number of nitrogens with zero attached hydrogens (tertiary/aromatic N) is 3. The lowest BCUT2D eigenvalue weighted by Crippen LogP contribution is -2.08. The first kappa shape index (κ1) is 13.8. The van der Waals surface area contributed by atoms with E-state index in [4.69, 9.17) is 11.2 Å². The van der Waals surface area contributed by atoms with Gasteiger partial charge in [-0.05, 0) is 32.4 Å². The summed E-state index contributed by atoms with van der Waals surface area (Å²) in [7, 11) is 0. The van der Waals surface area contributed by atoms with Crippen molar-refractivity contribution in [2.75, 3.05) is 6.61 Å². The molecule has 1 heterocycles. The third-order valence-corrected chi connectivity index (χ3v) is 2.83. The smallest absolute Gasteiger partial charge is 0.361 e. The number of esters is 1. The van der Waals surface area contributed by atoms with E-state index in [0.29, 0.717) is 5.69 Å². The van der Waals surface area contributed by atoms with Crippen LogP contribution < -0.4 is 0 Å². The Hall–Kier alpha value is -2.61. The zero-order valence-corrected chi connectivity index (χ0v) is 11.7. The molecule has 0 aliphatic carbocycles. The molecule has 5 nitrogen and oxygen atoms in total. The Morgan fingerprint density at radius 3 is 2.75 bits per heavy atom. The summed E-state index contributed by atoms with van der Waals surface area (Å²) in [4.78, 5) is 13.2. The van der Waals surface area contributed by atoms with Crippen LogP contribution in [0.5, 0.6) is 0 Å². The number of hydrogen-bond donors (Lipinski definition) is 0. The predicted molar refractivity (Wildman–Crippen MR) is 74.7 cm³/mol. The highest BCUT2D eigenvalue weighted by atomic mass is 16.5. The zero-order chi connectivity index (χ0) is 14.7. The minimum Gasteiger partial charge on any atom is -0.448 e. The number of carbonyl (C=O) groups is 1. The fourth-order valence-corrected chi connectivity index (χ4v) is 1.88. The Bertz CT molecular complexity index is 696. The van der Waals surface area contributed by atoms with Gasteiger partial charge in [0.15, 0.2) is 12.3 Å². The molecule has 0 saturated carbocycles. The van der Waals surface area contributed by atoms with E-state index in [2.05, 4.69) is 16.1 Å². The van der Waals surface area contributed by atoms with Gasteiger partial charge in [0.1, 0.15) is 0 Å². The Morgan fingerprint density at radius 2 is 2.10 bits per heavy atom. The maximum Gasteiger partial charge on any atom is 0.361 e. The minimum absolute atomic E-state index is 0.0747. The van der Waals surface area contributed by atoms with Crippen LogP contribution >= 0.6 is 0 Å². The summed E-state index contributed by atoms with van der Waals surface area (Å²) in [6.07, 6.45) is 5.05. The molecule has 0 amide bonds. The van der Waals surface area contributed by atoms with Gasteiger partial charge >= 0.3 is 5.97 Å². The van der Waals surface area contributed by atoms with Crippen molar-refractivity contribution in [3.63, 3.8) is 0 Å². The van der Waals surface area contributed by atoms with Crippen LogP contribution in [-0.4, -0.2) is 27.6 Å². The van der Waals surface area contributed by atoms with Crippen molar-refractivity contribution in [1.82, 2.24) is 15.0 Å². The predicted octanol–water partition coefficient (Wildman–Crippen LogP) is 1.98. The summed E-state index contributed by atoms with van der Waals surface area (Å²) >= 11 is 0. The van der Waals surface area contributed by atoms with Crippen LogP contribution in [0.3, 0.4) is 0 Å². The third kappa shape index (κ3) is 2.69. The zero-order valence-electron chi connectivity index (χ0n) is 11.7. The standard InChI is InChI=1S/C15H15N3O2/c1-5-8-20-15(19)14-12(4)16-18(17-14)13-7-6-10(2)9-11(13)3/h1,6-7,9H,8H2,2-4H3. The molecule has 0 unspecified atom stereocenters. The second kappa shape index (κ2) is 5.57. The molecular weight excluding hydrogens is 254 g/mol. The lowest BCUT2D eigenvalue weighted by atomic mass is 10.1. The van der Waals surface area contributed by atoms with Crippen molar-refractivity contribution in [1.29, 1.82) is 0 Å². The molecule has 0 N–H and O–H groups in total. The number of ether oxygens (including phenoxy) is 1. The second-order valence-corrected chi connectivity index (χ2v) is 4.49. The molecule has 0 fully saturated rings. The van der Waals surface area contributed by atoms with Crippen molar-refractivity contribution in [2.24, 2.45) is 0 Å². The summed E-state index contributed by atoms with van der Waals surface area (Å²) in [6.45, 7) is 5.62. The molecule has 20 heavy (non-hydrogen) atoms. The van der Waals surface area contributed by atoms with E-state index in [1.54, 1.807) is 6.92 Å². The monoisotopic (exact) mass is 269 g/mol. The summed E-state index contributed by atoms with van der Waals surface area (Å²) in [6, 6.07) is 5.92. The van der Waals surface area contributed by atoms with E-state index in [9.17, 15) is 4.79 Å². The van der Waals surface area contributed by atoms with Crippen LogP contribution in [0.25, 0.3) is 5.69 Å². The lowest BCUT2D eigenvalue weighted by Gasteiger charge is -2.04. The van der Waals surface area contributed by atoms with Gasteiger partial charge in [-0.2, -0.15) is 9.90 Å². The van der Waals surface area contributed by atoms with Gasteiger partial charge in [0.2, 0.25) is 0 Å². The van der Waals surface area contributed by atoms with E-state index >= 15 is 0 Å². The van der Waals surface area contributed by atoms with Crippen molar-refractivity contribution >= 4 is 5.97 Å². The maximum absolute atomic E-state index is 11.8. The van der Waals surface area contributed by atoms with Gasteiger partial charge in [0, 0.05) is 0 Å². The Balaban J connectivity index is 2.36. The van der Waals surface area contributed by atoms with Gasteiger partial charge < -0.3 is 4.74 Å². The first-order valence-corrected chi connectivity index (χ1v) is 6.15. The van der Waals surface area contributed by atoms with Crippen molar-refractivity contribution in [3.05, 3.63) is 40.7 Å². The van der Waals surface area contributed by atoms with E-state index < -0.39 is 5.97 Å². The summed E-state index contributed by atoms with van der Waals surface area (Å²) < 4.78 is 4.87. The summed E-state index contributed by atoms with van der Waals surface area (Å²) in [5, 5.41) is 8.44. The van der Waals surface area contributed by atoms with Crippen LogP contribution in [0.15, 0.2) is 18.2 Å². The number of aryl methyl sites for hydroxylation is 3. The number of benzene rings is 1. The molecule has 0 aliphatic heterocycles. The highest BCUT2D eigenvalue weighted by Crippen LogP contribution is 2.15. The Morgan fingerprint density at radius 1 is 1.35 bits per heavy atom. The number of rotatable bonds is 3. The highest BCUT2D eigenvalue weighted by Gasteiger charge is 2.18. The molecule has 0 spiro atoms. The van der Waals surface area contributed by atoms with Crippen molar-refractivity contribution < 1.29 is 9.53 Å². The van der Waals surface area contributed by atoms with E-state index in [0.717, 1.165) is 16.8 Å². The SMILES string of the molecule is C#CCOC(=O)c1nn(-c2ccc(C)cc2C)nc1C. The van der Waals surface area contributed by atoms with E-state index in [1.807, 2.05) is 32.0 Å². The van der Waals surface area contributed by atoms with Crippen LogP contribution in [-0.2, 0) is 4.74 Å². The normalized spacial score (nSPS) is 10.1. The molecule has 102 valence electrons. The average molecular weight is 269 g/mol. The van der Waals surface area contributed by atoms with Gasteiger partial charge in [-0.25, -0.2) is 4.79 Å². The summed E-state index contributed by atoms with van der Waals surface area (Å²) in [5.74, 6) is 1.68. The molecule has 5 heteroatoms. The average Bonchev–Trinajstić information content (AvgIpc) is 2.78. The maximum atomic E-state index is 11.8. The van der Waals surface area contributed by atoms with Crippen molar-refractivity contribution in [2.45, 2.75) is 20.8 Å². The first-order chi connectivity index (χ1) is 9.52. The van der Waals surface area contributed by atoms with E-state index in [1.165, 1.54) is 4.80 Å². The van der Waals surface area contributed by atoms with Gasteiger partial charge in [0.05, 0.1) is 11.4 Å². The molecule has 0 radical (unpaired) electrons. The van der Waals surface area contributed by atoms with Gasteiger partial charge in [-0.3, -0.25) is 0 Å². The quantitative estimate of drug-likeness (QED) is 0.631. The molecule has 0 aliphatic rings. The van der Waals surface area contributed by atoms with Gasteiger partial charge in [-0.1, -0.05) is 23.6 Å². The number of hydrogen-bond acceptors (Lipinski definition) is 4. The number of aromatic nitrogens is 3. The van der Waals surface area contributed by atoms with Crippen molar-refractivity contribution in [3.8, 4) is 18.0 Å². The van der Waals surface area contributed by atoms with Crippen LogP contribution in [0.4, 0.5) is 0 Å². The van der Waals surface area contributed by atoms with Crippen LogP contribution in [0.1, 0.15) is 27.3 Å². The van der Waals surface area contributed by atoms with Crippen LogP contribution in [0, 0.1) is 33.1 Å². The molecular formula is C15H15N3O2. The number of carbonyl (C=O) groups excluding carboxylic acids is 1. The molecule has 1 aromatic heterocycles. The second-order valence-electron chi connectivity index (χ2n) is 4.49. The largest absolute Gasteiger partial charge is 0.448 e. The molecule has 2 rings (SSSR count). The third-order valence-electron chi connectivity index (χ3n) is 2.83. The molecule has 0 saturated heterocycles. The lowest BCUT2D eigenvalue weighted by molar-refractivity contribution is 0.0548. The molecule has 1 aromatic carbocycles. The Labute approximate surface area is 117 Å². The topological polar surface area (TPSA) is 57.0 Å². The fraction of sp³-hybridized carbons (Fsp3) is 0.267. The van der Waals surface area contributed by atoms with Gasteiger partial charge in [0.25, 0.3) is 0 Å². The molecule has 2 aromatic rings. The fourth-order valence-electron chi connectivity index (χ4n) is 1.88. The van der Waals surface area contributed by atoms with Crippen LogP contribution in [0.2, 0.25) is 0 Å². The minimum atomic E-state index is -0.559. The first-order valence-electron chi connectivity index (χ1n) is 6.15. The number of terminal acetylenes is 1.